The van der Waals surface area contributed by atoms with Gasteiger partial charge in [0.15, 0.2) is 11.5 Å². The standard InChI is InChI=1S/C24H25ClN4O2/c1-4-5-17-13-19-20(12-15(17)3)29(22-21(26-19)23(30)28-24(31)27-22)11-10-14(2)16-6-8-18(25)9-7-16/h6-9,12-14H,4-5,10-11H2,1-3H3,(H,28,30,31). The molecule has 2 heterocycles. The Morgan fingerprint density at radius 1 is 1.13 bits per heavy atom. The highest BCUT2D eigenvalue weighted by atomic mass is 35.5. The Morgan fingerprint density at radius 3 is 2.58 bits per heavy atom. The van der Waals surface area contributed by atoms with Crippen molar-refractivity contribution in [2.24, 2.45) is 0 Å². The molecule has 0 saturated carbocycles. The fourth-order valence-electron chi connectivity index (χ4n) is 4.03. The lowest BCUT2D eigenvalue weighted by Gasteiger charge is -2.20. The van der Waals surface area contributed by atoms with Crippen molar-refractivity contribution in [2.75, 3.05) is 0 Å². The first kappa shape index (κ1) is 21.2. The Hall–Kier alpha value is -2.99. The predicted octanol–water partition coefficient (Wildman–Crippen LogP) is 4.69. The smallest absolute Gasteiger partial charge is 0.322 e. The number of rotatable bonds is 6. The van der Waals surface area contributed by atoms with Gasteiger partial charge < -0.3 is 4.57 Å². The second-order valence-electron chi connectivity index (χ2n) is 8.07. The van der Waals surface area contributed by atoms with Crippen LogP contribution in [0.15, 0.2) is 46.0 Å². The summed E-state index contributed by atoms with van der Waals surface area (Å²) in [4.78, 5) is 35.4. The lowest BCUT2D eigenvalue weighted by molar-refractivity contribution is 0.582. The van der Waals surface area contributed by atoms with E-state index in [1.54, 1.807) is 0 Å². The SMILES string of the molecule is CCCc1cc2nc3c(=O)[nH]c(=O)nc-3n(CCC(C)c3ccc(Cl)cc3)c2cc1C. The number of fused-ring (bicyclic) bond motifs is 2. The van der Waals surface area contributed by atoms with Gasteiger partial charge >= 0.3 is 5.69 Å². The summed E-state index contributed by atoms with van der Waals surface area (Å²) in [5, 5.41) is 0.709. The summed E-state index contributed by atoms with van der Waals surface area (Å²) in [6, 6.07) is 12.0. The van der Waals surface area contributed by atoms with Crippen molar-refractivity contribution in [3.63, 3.8) is 0 Å². The van der Waals surface area contributed by atoms with Crippen LogP contribution < -0.4 is 11.2 Å². The number of nitrogens with one attached hydrogen (secondary N) is 1. The highest BCUT2D eigenvalue weighted by Crippen LogP contribution is 2.27. The summed E-state index contributed by atoms with van der Waals surface area (Å²) in [6.45, 7) is 6.97. The molecule has 1 unspecified atom stereocenters. The van der Waals surface area contributed by atoms with Crippen LogP contribution in [-0.2, 0) is 13.0 Å². The Morgan fingerprint density at radius 2 is 1.87 bits per heavy atom. The van der Waals surface area contributed by atoms with E-state index in [4.69, 9.17) is 11.6 Å². The minimum Gasteiger partial charge on any atom is -0.322 e. The molecule has 0 spiro atoms. The van der Waals surface area contributed by atoms with Crippen molar-refractivity contribution in [3.8, 4) is 11.5 Å². The van der Waals surface area contributed by atoms with E-state index < -0.39 is 11.2 Å². The van der Waals surface area contributed by atoms with Gasteiger partial charge in [0.2, 0.25) is 0 Å². The third-order valence-electron chi connectivity index (χ3n) is 5.81. The third kappa shape index (κ3) is 4.26. The van der Waals surface area contributed by atoms with Gasteiger partial charge in [-0.25, -0.2) is 9.78 Å². The van der Waals surface area contributed by atoms with Gasteiger partial charge in [-0.2, -0.15) is 4.98 Å². The van der Waals surface area contributed by atoms with E-state index in [1.165, 1.54) is 16.7 Å². The molecule has 31 heavy (non-hydrogen) atoms. The Labute approximate surface area is 185 Å². The van der Waals surface area contributed by atoms with Crippen molar-refractivity contribution in [1.82, 2.24) is 19.5 Å². The van der Waals surface area contributed by atoms with Gasteiger partial charge in [-0.05, 0) is 66.6 Å². The number of nitrogens with zero attached hydrogens (tertiary/aromatic N) is 3. The van der Waals surface area contributed by atoms with Crippen molar-refractivity contribution >= 4 is 22.6 Å². The summed E-state index contributed by atoms with van der Waals surface area (Å²) < 4.78 is 1.96. The average Bonchev–Trinajstić information content (AvgIpc) is 2.73. The van der Waals surface area contributed by atoms with Gasteiger partial charge in [0.1, 0.15) is 0 Å². The Balaban J connectivity index is 1.83. The number of H-pyrrole nitrogens is 1. The molecule has 1 atom stereocenters. The van der Waals surface area contributed by atoms with E-state index in [2.05, 4.69) is 47.9 Å². The average molecular weight is 437 g/mol. The first-order valence-corrected chi connectivity index (χ1v) is 10.9. The maximum atomic E-state index is 12.5. The van der Waals surface area contributed by atoms with Crippen LogP contribution in [0, 0.1) is 6.92 Å². The van der Waals surface area contributed by atoms with E-state index in [0.717, 1.165) is 30.3 Å². The van der Waals surface area contributed by atoms with E-state index in [-0.39, 0.29) is 11.6 Å². The molecule has 2 aromatic carbocycles. The number of hydrogen-bond acceptors (Lipinski definition) is 4. The van der Waals surface area contributed by atoms with Gasteiger partial charge in [0.05, 0.1) is 11.0 Å². The van der Waals surface area contributed by atoms with Crippen LogP contribution in [0.5, 0.6) is 0 Å². The molecule has 0 amide bonds. The molecule has 160 valence electrons. The lowest BCUT2D eigenvalue weighted by Crippen LogP contribution is -2.29. The lowest BCUT2D eigenvalue weighted by atomic mass is 9.97. The fourth-order valence-corrected chi connectivity index (χ4v) is 4.16. The molecule has 2 aromatic rings. The van der Waals surface area contributed by atoms with Crippen LogP contribution >= 0.6 is 11.6 Å². The van der Waals surface area contributed by atoms with Crippen LogP contribution in [-0.4, -0.2) is 19.5 Å². The minimum absolute atomic E-state index is 0.192. The van der Waals surface area contributed by atoms with Gasteiger partial charge in [-0.15, -0.1) is 0 Å². The molecule has 2 aliphatic rings. The topological polar surface area (TPSA) is 80.6 Å². The monoisotopic (exact) mass is 436 g/mol. The quantitative estimate of drug-likeness (QED) is 0.444. The molecule has 4 rings (SSSR count). The highest BCUT2D eigenvalue weighted by molar-refractivity contribution is 6.30. The largest absolute Gasteiger partial charge is 0.349 e. The second-order valence-corrected chi connectivity index (χ2v) is 8.50. The van der Waals surface area contributed by atoms with Crippen LogP contribution in [0.2, 0.25) is 5.02 Å². The zero-order valence-electron chi connectivity index (χ0n) is 17.9. The Kier molecular flexibility index (Phi) is 5.92. The molecule has 0 bridgehead atoms. The zero-order chi connectivity index (χ0) is 22.1. The third-order valence-corrected chi connectivity index (χ3v) is 6.06. The van der Waals surface area contributed by atoms with E-state index in [1.807, 2.05) is 28.8 Å². The summed E-state index contributed by atoms with van der Waals surface area (Å²) in [5.74, 6) is 0.587. The van der Waals surface area contributed by atoms with Crippen molar-refractivity contribution in [2.45, 2.75) is 52.5 Å². The molecule has 0 aliphatic carbocycles. The number of aromatic amines is 1. The number of aryl methyl sites for hydroxylation is 3. The molecule has 0 saturated heterocycles. The van der Waals surface area contributed by atoms with Crippen LogP contribution in [0.4, 0.5) is 0 Å². The van der Waals surface area contributed by atoms with E-state index >= 15 is 0 Å². The normalized spacial score (nSPS) is 12.5. The molecule has 2 aliphatic heterocycles. The summed E-state index contributed by atoms with van der Waals surface area (Å²) in [7, 11) is 0. The van der Waals surface area contributed by atoms with E-state index in [9.17, 15) is 9.59 Å². The molecule has 7 heteroatoms. The number of aromatic nitrogens is 4. The molecular weight excluding hydrogens is 412 g/mol. The fraction of sp³-hybridized carbons (Fsp3) is 0.333. The summed E-state index contributed by atoms with van der Waals surface area (Å²) >= 11 is 6.02. The molecule has 0 aromatic heterocycles. The maximum Gasteiger partial charge on any atom is 0.349 e. The van der Waals surface area contributed by atoms with Crippen molar-refractivity contribution in [1.29, 1.82) is 0 Å². The molecule has 6 nitrogen and oxygen atoms in total. The van der Waals surface area contributed by atoms with E-state index in [0.29, 0.717) is 17.4 Å². The minimum atomic E-state index is -0.655. The maximum absolute atomic E-state index is 12.5. The van der Waals surface area contributed by atoms with Gasteiger partial charge in [-0.1, -0.05) is 44.0 Å². The number of halogens is 1. The molecule has 0 fully saturated rings. The summed E-state index contributed by atoms with van der Waals surface area (Å²) in [6.07, 6.45) is 2.78. The number of hydrogen-bond donors (Lipinski definition) is 1. The molecule has 1 N–H and O–H groups in total. The van der Waals surface area contributed by atoms with Gasteiger partial charge in [0.25, 0.3) is 5.56 Å². The summed E-state index contributed by atoms with van der Waals surface area (Å²) in [5.41, 5.74) is 4.22. The number of benzene rings is 2. The van der Waals surface area contributed by atoms with Crippen molar-refractivity contribution < 1.29 is 0 Å². The van der Waals surface area contributed by atoms with Gasteiger partial charge in [0, 0.05) is 11.6 Å². The molecular formula is C24H25ClN4O2. The van der Waals surface area contributed by atoms with Crippen LogP contribution in [0.1, 0.15) is 49.3 Å². The predicted molar refractivity (Wildman–Crippen MR) is 124 cm³/mol. The van der Waals surface area contributed by atoms with Crippen LogP contribution in [0.3, 0.4) is 0 Å². The second kappa shape index (κ2) is 8.63. The van der Waals surface area contributed by atoms with Crippen molar-refractivity contribution in [3.05, 3.63) is 78.9 Å². The van der Waals surface area contributed by atoms with Crippen LogP contribution in [0.25, 0.3) is 22.6 Å². The Bertz CT molecular complexity index is 1320. The molecule has 0 radical (unpaired) electrons. The highest BCUT2D eigenvalue weighted by Gasteiger charge is 2.20. The zero-order valence-corrected chi connectivity index (χ0v) is 18.7. The van der Waals surface area contributed by atoms with Gasteiger partial charge in [-0.3, -0.25) is 9.78 Å². The first-order chi connectivity index (χ1) is 14.9. The first-order valence-electron chi connectivity index (χ1n) is 10.6.